The van der Waals surface area contributed by atoms with E-state index in [1.54, 1.807) is 10.8 Å². The lowest BCUT2D eigenvalue weighted by molar-refractivity contribution is -0.688. The summed E-state index contributed by atoms with van der Waals surface area (Å²) in [5, 5.41) is 33.0. The van der Waals surface area contributed by atoms with Gasteiger partial charge in [-0.3, -0.25) is 14.5 Å². The van der Waals surface area contributed by atoms with Crippen molar-refractivity contribution in [2.45, 2.75) is 31.0 Å². The Morgan fingerprint density at radius 1 is 1.40 bits per heavy atom. The van der Waals surface area contributed by atoms with Crippen molar-refractivity contribution in [3.63, 3.8) is 0 Å². The zero-order valence-electron chi connectivity index (χ0n) is 22.3. The SMILES string of the molecule is CNCCNc1ccc[n+](CC2=C(C(=O)[O-])N3C(=O)[C@@H](NC(=O)/C(=N\O[C@@H](C)C(=O)O)c4nc(N)sc4Cl)[C@H]3SC2)c1. The van der Waals surface area contributed by atoms with Gasteiger partial charge in [0.2, 0.25) is 6.10 Å². The third-order valence-corrected chi connectivity index (χ3v) is 8.58. The minimum Gasteiger partial charge on any atom is -0.543 e. The van der Waals surface area contributed by atoms with E-state index in [0.717, 1.165) is 28.5 Å². The van der Waals surface area contributed by atoms with E-state index in [1.165, 1.54) is 18.7 Å². The molecule has 1 fully saturated rings. The van der Waals surface area contributed by atoms with Gasteiger partial charge in [-0.05, 0) is 20.0 Å². The van der Waals surface area contributed by atoms with Crippen molar-refractivity contribution >= 4 is 75.0 Å². The number of nitrogens with two attached hydrogens (primary N) is 1. The first kappa shape index (κ1) is 31.0. The Morgan fingerprint density at radius 3 is 2.81 bits per heavy atom. The van der Waals surface area contributed by atoms with Gasteiger partial charge in [-0.2, -0.15) is 4.57 Å². The second-order valence-corrected chi connectivity index (χ2v) is 11.8. The van der Waals surface area contributed by atoms with Crippen molar-refractivity contribution in [3.05, 3.63) is 45.8 Å². The highest BCUT2D eigenvalue weighted by molar-refractivity contribution is 8.00. The number of aliphatic carboxylic acids is 2. The molecule has 2 aliphatic rings. The number of hydrogen-bond donors (Lipinski definition) is 5. The third-order valence-electron chi connectivity index (χ3n) is 6.15. The Bertz CT molecular complexity index is 1470. The number of thioether (sulfide) groups is 1. The molecule has 3 atom stereocenters. The molecule has 2 aromatic rings. The van der Waals surface area contributed by atoms with E-state index in [-0.39, 0.29) is 33.2 Å². The van der Waals surface area contributed by atoms with Gasteiger partial charge in [0.15, 0.2) is 29.8 Å². The summed E-state index contributed by atoms with van der Waals surface area (Å²) in [6.07, 6.45) is 2.21. The third kappa shape index (κ3) is 6.75. The van der Waals surface area contributed by atoms with Gasteiger partial charge in [0.05, 0.1) is 17.4 Å². The highest BCUT2D eigenvalue weighted by Gasteiger charge is 2.53. The first-order valence-corrected chi connectivity index (χ1v) is 14.7. The number of anilines is 2. The van der Waals surface area contributed by atoms with Crippen molar-refractivity contribution in [1.82, 2.24) is 20.5 Å². The number of amides is 2. The molecule has 0 radical (unpaired) electrons. The van der Waals surface area contributed by atoms with Gasteiger partial charge >= 0.3 is 5.97 Å². The van der Waals surface area contributed by atoms with Crippen LogP contribution in [-0.2, 0) is 30.6 Å². The fourth-order valence-corrected chi connectivity index (χ4v) is 6.38. The van der Waals surface area contributed by atoms with Crippen LogP contribution in [0, 0.1) is 0 Å². The van der Waals surface area contributed by atoms with Gasteiger partial charge in [-0.1, -0.05) is 28.1 Å². The van der Waals surface area contributed by atoms with Crippen LogP contribution in [0.25, 0.3) is 0 Å². The van der Waals surface area contributed by atoms with Gasteiger partial charge in [0.1, 0.15) is 21.4 Å². The van der Waals surface area contributed by atoms with Crippen LogP contribution in [0.4, 0.5) is 10.8 Å². The summed E-state index contributed by atoms with van der Waals surface area (Å²) in [5.74, 6) is -4.21. The van der Waals surface area contributed by atoms with Crippen LogP contribution in [0.15, 0.2) is 41.0 Å². The number of likely N-dealkylation sites (N-methyl/N-ethyl adjacent to an activating group) is 1. The number of halogens is 1. The summed E-state index contributed by atoms with van der Waals surface area (Å²) < 4.78 is 1.79. The zero-order chi connectivity index (χ0) is 30.6. The van der Waals surface area contributed by atoms with Crippen LogP contribution in [0.3, 0.4) is 0 Å². The van der Waals surface area contributed by atoms with Crippen molar-refractivity contribution in [1.29, 1.82) is 0 Å². The van der Waals surface area contributed by atoms with Crippen LogP contribution in [-0.4, -0.2) is 87.9 Å². The van der Waals surface area contributed by atoms with Gasteiger partial charge in [-0.25, -0.2) is 9.78 Å². The number of fused-ring (bicyclic) bond motifs is 1. The molecule has 0 saturated carbocycles. The lowest BCUT2D eigenvalue weighted by Crippen LogP contribution is -2.71. The van der Waals surface area contributed by atoms with Gasteiger partial charge in [-0.15, -0.1) is 11.8 Å². The number of nitrogens with one attached hydrogen (secondary N) is 3. The minimum absolute atomic E-state index is 0.00723. The predicted octanol–water partition coefficient (Wildman–Crippen LogP) is -1.40. The highest BCUT2D eigenvalue weighted by Crippen LogP contribution is 2.40. The molecule has 42 heavy (non-hydrogen) atoms. The first-order valence-electron chi connectivity index (χ1n) is 12.5. The molecule has 15 nitrogen and oxygen atoms in total. The van der Waals surface area contributed by atoms with E-state index >= 15 is 0 Å². The van der Waals surface area contributed by atoms with Gasteiger partial charge < -0.3 is 41.5 Å². The Morgan fingerprint density at radius 2 is 2.17 bits per heavy atom. The first-order chi connectivity index (χ1) is 20.0. The maximum Gasteiger partial charge on any atom is 0.347 e. The fourth-order valence-electron chi connectivity index (χ4n) is 4.11. The molecule has 1 saturated heterocycles. The van der Waals surface area contributed by atoms with E-state index in [1.807, 2.05) is 25.4 Å². The number of hydrogen-bond acceptors (Lipinski definition) is 13. The Labute approximate surface area is 252 Å². The molecule has 4 heterocycles. The zero-order valence-corrected chi connectivity index (χ0v) is 24.7. The molecule has 2 aliphatic heterocycles. The Balaban J connectivity index is 1.52. The van der Waals surface area contributed by atoms with Gasteiger partial charge in [0.25, 0.3) is 11.8 Å². The number of thiazole rings is 1. The average molecular weight is 639 g/mol. The van der Waals surface area contributed by atoms with E-state index in [2.05, 4.69) is 26.1 Å². The standard InChI is InChI=1S/C24H27ClN8O7S2/c1-11(22(36)37)40-31-15(14-18(25)42-24(26)30-14)19(34)29-16-20(35)33-17(23(38)39)12(10-41-21(16)33)8-32-7-3-4-13(9-32)28-6-5-27-2/h3-4,7,9,11,16,21,27-28H,5-6,8,10H2,1-2H3,(H4-,26,29,30,34,36,37,38,39)/b31-15-/t11-,16+,21+/m0/s1. The van der Waals surface area contributed by atoms with Crippen LogP contribution in [0.5, 0.6) is 0 Å². The lowest BCUT2D eigenvalue weighted by Gasteiger charge is -2.50. The smallest absolute Gasteiger partial charge is 0.347 e. The van der Waals surface area contributed by atoms with Gasteiger partial charge in [0, 0.05) is 30.5 Å². The molecule has 4 rings (SSSR count). The number of carboxylic acids is 2. The number of rotatable bonds is 13. The summed E-state index contributed by atoms with van der Waals surface area (Å²) in [4.78, 5) is 59.7. The number of β-lactam (4-membered cyclic amide) rings is 1. The summed E-state index contributed by atoms with van der Waals surface area (Å²) in [6, 6.07) is 2.58. The fraction of sp³-hybridized carbons (Fsp3) is 0.375. The van der Waals surface area contributed by atoms with E-state index in [0.29, 0.717) is 12.1 Å². The molecule has 224 valence electrons. The molecule has 18 heteroatoms. The number of oxime groups is 1. The summed E-state index contributed by atoms with van der Waals surface area (Å²) in [5.41, 5.74) is 6.08. The Kier molecular flexibility index (Phi) is 9.87. The van der Waals surface area contributed by atoms with Crippen LogP contribution in [0.2, 0.25) is 4.34 Å². The maximum atomic E-state index is 13.2. The molecule has 2 aromatic heterocycles. The molecular formula is C24H27ClN8O7S2. The van der Waals surface area contributed by atoms with Crippen LogP contribution in [0.1, 0.15) is 12.6 Å². The summed E-state index contributed by atoms with van der Waals surface area (Å²) in [6.45, 7) is 2.85. The minimum atomic E-state index is -1.51. The number of carboxylic acid groups (broad SMARTS) is 2. The predicted molar refractivity (Wildman–Crippen MR) is 152 cm³/mol. The molecule has 0 bridgehead atoms. The maximum absolute atomic E-state index is 13.2. The number of nitrogen functional groups attached to an aromatic ring is 1. The second kappa shape index (κ2) is 13.4. The van der Waals surface area contributed by atoms with E-state index in [4.69, 9.17) is 27.3 Å². The number of nitrogens with zero attached hydrogens (tertiary/aromatic N) is 4. The monoisotopic (exact) mass is 638 g/mol. The summed E-state index contributed by atoms with van der Waals surface area (Å²) >= 11 is 8.27. The number of carbonyl (C=O) groups excluding carboxylic acids is 3. The second-order valence-electron chi connectivity index (χ2n) is 9.10. The molecule has 0 spiro atoms. The van der Waals surface area contributed by atoms with E-state index < -0.39 is 47.0 Å². The Hall–Kier alpha value is -3.93. The molecule has 0 unspecified atom stereocenters. The highest BCUT2D eigenvalue weighted by atomic mass is 35.5. The quantitative estimate of drug-likeness (QED) is 0.0563. The molecule has 6 N–H and O–H groups in total. The normalized spacial score (nSPS) is 19.1. The van der Waals surface area contributed by atoms with Crippen molar-refractivity contribution in [2.24, 2.45) is 5.16 Å². The van der Waals surface area contributed by atoms with Crippen molar-refractivity contribution < 1.29 is 38.8 Å². The van der Waals surface area contributed by atoms with E-state index in [9.17, 15) is 24.3 Å². The molecular weight excluding hydrogens is 612 g/mol. The number of aromatic nitrogens is 2. The van der Waals surface area contributed by atoms with Crippen LogP contribution < -0.4 is 31.4 Å². The van der Waals surface area contributed by atoms with Crippen molar-refractivity contribution in [2.75, 3.05) is 36.9 Å². The number of pyridine rings is 1. The van der Waals surface area contributed by atoms with Crippen LogP contribution >= 0.6 is 34.7 Å². The molecule has 0 aromatic carbocycles. The lowest BCUT2D eigenvalue weighted by atomic mass is 10.0. The topological polar surface area (TPSA) is 215 Å². The number of carbonyl (C=O) groups is 4. The van der Waals surface area contributed by atoms with Crippen molar-refractivity contribution in [3.8, 4) is 0 Å². The summed E-state index contributed by atoms with van der Waals surface area (Å²) in [7, 11) is 1.85. The average Bonchev–Trinajstić information content (AvgIpc) is 3.28. The largest absolute Gasteiger partial charge is 0.543 e. The molecule has 2 amide bonds. The molecule has 0 aliphatic carbocycles.